The summed E-state index contributed by atoms with van der Waals surface area (Å²) in [7, 11) is -3.57. The fourth-order valence-electron chi connectivity index (χ4n) is 1.03. The van der Waals surface area contributed by atoms with Crippen LogP contribution in [0.25, 0.3) is 0 Å². The molecule has 4 heteroatoms. The third-order valence-electron chi connectivity index (χ3n) is 1.71. The minimum atomic E-state index is -3.57. The van der Waals surface area contributed by atoms with Gasteiger partial charge in [0, 0.05) is 0 Å². The molecule has 1 rings (SSSR count). The Morgan fingerprint density at radius 2 is 1.92 bits per heavy atom. The number of hydrogen-bond donors (Lipinski definition) is 1. The van der Waals surface area contributed by atoms with E-state index in [2.05, 4.69) is 5.87 Å². The van der Waals surface area contributed by atoms with E-state index in [1.807, 2.05) is 0 Å². The lowest BCUT2D eigenvalue weighted by molar-refractivity contribution is 0.646. The number of halogens is 1. The first-order chi connectivity index (χ1) is 6.04. The Hall–Kier alpha value is -0.870. The predicted octanol–water partition coefficient (Wildman–Crippen LogP) is 1.15. The van der Waals surface area contributed by atoms with Crippen molar-refractivity contribution in [3.63, 3.8) is 0 Å². The van der Waals surface area contributed by atoms with E-state index in [9.17, 15) is 8.09 Å². The molecule has 0 heterocycles. The molecule has 0 amide bonds. The maximum atomic E-state index is 12.8. The molecule has 72 valence electrons. The van der Waals surface area contributed by atoms with Crippen LogP contribution in [0.4, 0.5) is 3.89 Å². The van der Waals surface area contributed by atoms with Crippen molar-refractivity contribution in [1.29, 1.82) is 0 Å². The molecule has 0 aromatic heterocycles. The van der Waals surface area contributed by atoms with E-state index in [0.29, 0.717) is 6.54 Å². The highest BCUT2D eigenvalue weighted by molar-refractivity contribution is 7.95. The largest absolute Gasteiger partial charge is 0.330 e. The maximum absolute atomic E-state index is 12.8. The van der Waals surface area contributed by atoms with Gasteiger partial charge in [0.05, 0.1) is 4.90 Å². The van der Waals surface area contributed by atoms with Gasteiger partial charge in [-0.1, -0.05) is 12.1 Å². The molecule has 0 aliphatic rings. The van der Waals surface area contributed by atoms with Crippen LogP contribution >= 0.6 is 0 Å². The van der Waals surface area contributed by atoms with Gasteiger partial charge < -0.3 is 5.73 Å². The zero-order chi connectivity index (χ0) is 9.90. The summed E-state index contributed by atoms with van der Waals surface area (Å²) >= 11 is 0. The van der Waals surface area contributed by atoms with Crippen LogP contribution in [-0.4, -0.2) is 16.6 Å². The van der Waals surface area contributed by atoms with Gasteiger partial charge in [0.1, 0.15) is 9.91 Å². The summed E-state index contributed by atoms with van der Waals surface area (Å²) < 4.78 is 23.7. The number of hydrogen-bond acceptors (Lipinski definition) is 2. The molecule has 0 spiro atoms. The SMILES string of the molecule is C=S(=O)(F)c1ccc(CCN)cc1. The van der Waals surface area contributed by atoms with Crippen molar-refractivity contribution >= 4 is 15.8 Å². The Labute approximate surface area is 77.9 Å². The van der Waals surface area contributed by atoms with Gasteiger partial charge in [0.25, 0.3) is 0 Å². The lowest BCUT2D eigenvalue weighted by atomic mass is 10.2. The van der Waals surface area contributed by atoms with Gasteiger partial charge in [0.15, 0.2) is 0 Å². The Kier molecular flexibility index (Phi) is 3.06. The molecular weight excluding hydrogens is 189 g/mol. The average Bonchev–Trinajstić information content (AvgIpc) is 2.04. The summed E-state index contributed by atoms with van der Waals surface area (Å²) in [5.74, 6) is 2.95. The van der Waals surface area contributed by atoms with Crippen molar-refractivity contribution in [3.8, 4) is 0 Å². The third kappa shape index (κ3) is 2.82. The van der Waals surface area contributed by atoms with Gasteiger partial charge in [-0.15, -0.1) is 3.89 Å². The Morgan fingerprint density at radius 1 is 1.38 bits per heavy atom. The van der Waals surface area contributed by atoms with Crippen LogP contribution in [0.15, 0.2) is 29.2 Å². The average molecular weight is 201 g/mol. The van der Waals surface area contributed by atoms with Crippen LogP contribution in [-0.2, 0) is 16.3 Å². The molecule has 1 atom stereocenters. The van der Waals surface area contributed by atoms with Crippen LogP contribution < -0.4 is 5.73 Å². The van der Waals surface area contributed by atoms with Gasteiger partial charge in [-0.2, -0.15) is 0 Å². The van der Waals surface area contributed by atoms with E-state index >= 15 is 0 Å². The molecule has 2 nitrogen and oxygen atoms in total. The zero-order valence-corrected chi connectivity index (χ0v) is 8.02. The number of rotatable bonds is 3. The first kappa shape index (κ1) is 10.2. The summed E-state index contributed by atoms with van der Waals surface area (Å²) in [6.07, 6.45) is 0.741. The minimum absolute atomic E-state index is 0.133. The van der Waals surface area contributed by atoms with E-state index in [1.54, 1.807) is 12.1 Å². The van der Waals surface area contributed by atoms with Gasteiger partial charge in [-0.05, 0) is 36.5 Å². The lowest BCUT2D eigenvalue weighted by Crippen LogP contribution is -2.02. The topological polar surface area (TPSA) is 43.1 Å². The molecule has 0 radical (unpaired) electrons. The molecule has 0 aliphatic carbocycles. The van der Waals surface area contributed by atoms with E-state index in [-0.39, 0.29) is 4.90 Å². The fourth-order valence-corrected chi connectivity index (χ4v) is 1.57. The van der Waals surface area contributed by atoms with Crippen LogP contribution in [0.5, 0.6) is 0 Å². The molecule has 1 aromatic carbocycles. The van der Waals surface area contributed by atoms with E-state index in [1.165, 1.54) is 12.1 Å². The molecule has 0 aliphatic heterocycles. The normalized spacial score (nSPS) is 15.2. The highest BCUT2D eigenvalue weighted by Gasteiger charge is 2.03. The summed E-state index contributed by atoms with van der Waals surface area (Å²) in [5, 5.41) is 0. The van der Waals surface area contributed by atoms with Crippen molar-refractivity contribution in [2.75, 3.05) is 6.54 Å². The molecule has 0 fully saturated rings. The van der Waals surface area contributed by atoms with E-state index < -0.39 is 9.91 Å². The molecule has 13 heavy (non-hydrogen) atoms. The highest BCUT2D eigenvalue weighted by Crippen LogP contribution is 2.12. The lowest BCUT2D eigenvalue weighted by Gasteiger charge is -2.01. The smallest absolute Gasteiger partial charge is 0.146 e. The second-order valence-corrected chi connectivity index (χ2v) is 4.44. The Morgan fingerprint density at radius 3 is 2.31 bits per heavy atom. The second kappa shape index (κ2) is 3.89. The summed E-state index contributed by atoms with van der Waals surface area (Å²) in [6.45, 7) is 0.550. The minimum Gasteiger partial charge on any atom is -0.330 e. The van der Waals surface area contributed by atoms with Gasteiger partial charge in [-0.25, -0.2) is 4.21 Å². The van der Waals surface area contributed by atoms with Gasteiger partial charge in [-0.3, -0.25) is 0 Å². The van der Waals surface area contributed by atoms with Gasteiger partial charge >= 0.3 is 0 Å². The maximum Gasteiger partial charge on any atom is 0.146 e. The van der Waals surface area contributed by atoms with Crippen LogP contribution in [0.2, 0.25) is 0 Å². The van der Waals surface area contributed by atoms with Crippen LogP contribution in [0, 0.1) is 0 Å². The van der Waals surface area contributed by atoms with Crippen LogP contribution in [0.3, 0.4) is 0 Å². The van der Waals surface area contributed by atoms with Crippen molar-refractivity contribution in [3.05, 3.63) is 29.8 Å². The van der Waals surface area contributed by atoms with Crippen molar-refractivity contribution in [1.82, 2.24) is 0 Å². The zero-order valence-electron chi connectivity index (χ0n) is 7.20. The summed E-state index contributed by atoms with van der Waals surface area (Å²) in [6, 6.07) is 6.40. The second-order valence-electron chi connectivity index (χ2n) is 2.78. The molecule has 1 aromatic rings. The molecule has 1 unspecified atom stereocenters. The summed E-state index contributed by atoms with van der Waals surface area (Å²) in [5.41, 5.74) is 6.35. The fraction of sp³-hybridized carbons (Fsp3) is 0.222. The molecule has 0 bridgehead atoms. The van der Waals surface area contributed by atoms with Crippen molar-refractivity contribution < 1.29 is 8.09 Å². The van der Waals surface area contributed by atoms with E-state index in [0.717, 1.165) is 12.0 Å². The Balaban J connectivity index is 2.94. The standard InChI is InChI=1S/C9H12FNOS/c1-13(10,12)9-4-2-8(3-5-9)6-7-11/h2-5H,1,6-7,11H2. The van der Waals surface area contributed by atoms with Crippen molar-refractivity contribution in [2.45, 2.75) is 11.3 Å². The van der Waals surface area contributed by atoms with E-state index in [4.69, 9.17) is 5.73 Å². The first-order valence-electron chi connectivity index (χ1n) is 3.90. The predicted molar refractivity (Wildman–Crippen MR) is 53.8 cm³/mol. The summed E-state index contributed by atoms with van der Waals surface area (Å²) in [4.78, 5) is 0.133. The van der Waals surface area contributed by atoms with Gasteiger partial charge in [0.2, 0.25) is 0 Å². The number of nitrogens with two attached hydrogens (primary N) is 1. The highest BCUT2D eigenvalue weighted by atomic mass is 32.2. The molecule has 2 N–H and O–H groups in total. The molecule has 0 saturated heterocycles. The molecular formula is C9H12FNOS. The third-order valence-corrected chi connectivity index (χ3v) is 2.68. The van der Waals surface area contributed by atoms with Crippen molar-refractivity contribution in [2.24, 2.45) is 5.73 Å². The Bertz CT molecular complexity index is 369. The van der Waals surface area contributed by atoms with Crippen LogP contribution in [0.1, 0.15) is 5.56 Å². The first-order valence-corrected chi connectivity index (χ1v) is 5.52. The molecule has 0 saturated carbocycles. The number of benzene rings is 1. The monoisotopic (exact) mass is 201 g/mol. The quantitative estimate of drug-likeness (QED) is 0.589.